The van der Waals surface area contributed by atoms with Crippen molar-refractivity contribution >= 4 is 29.0 Å². The van der Waals surface area contributed by atoms with Crippen LogP contribution in [0, 0.1) is 11.7 Å². The molecule has 0 bridgehead atoms. The Morgan fingerprint density at radius 1 is 1.40 bits per heavy atom. The standard InChI is InChI=1S/C17H21F3N2O2S/c1-9-8-17(19,20)13(22-14(9)25)11-7-10(5-6-12(11)18)21-15(23)24-16(2,3)4/h5-7,9,13H,8H2,1-4H3,(H,21,23)(H,22,25). The van der Waals surface area contributed by atoms with Crippen LogP contribution in [-0.4, -0.2) is 22.6 Å². The zero-order chi connectivity index (χ0) is 19.0. The van der Waals surface area contributed by atoms with Gasteiger partial charge in [-0.1, -0.05) is 19.1 Å². The van der Waals surface area contributed by atoms with Gasteiger partial charge in [0.05, 0.1) is 4.99 Å². The number of ether oxygens (including phenoxy) is 1. The van der Waals surface area contributed by atoms with Crippen molar-refractivity contribution in [2.24, 2.45) is 5.92 Å². The van der Waals surface area contributed by atoms with Crippen LogP contribution in [0.5, 0.6) is 0 Å². The van der Waals surface area contributed by atoms with Crippen LogP contribution in [0.3, 0.4) is 0 Å². The molecule has 0 saturated carbocycles. The fraction of sp³-hybridized carbons (Fsp3) is 0.529. The Hall–Kier alpha value is -1.83. The predicted molar refractivity (Wildman–Crippen MR) is 93.5 cm³/mol. The minimum absolute atomic E-state index is 0.160. The molecule has 0 radical (unpaired) electrons. The van der Waals surface area contributed by atoms with Crippen LogP contribution in [-0.2, 0) is 4.74 Å². The minimum Gasteiger partial charge on any atom is -0.444 e. The number of alkyl halides is 2. The summed E-state index contributed by atoms with van der Waals surface area (Å²) in [5, 5.41) is 4.95. The number of anilines is 1. The third-order valence-electron chi connectivity index (χ3n) is 3.69. The molecular formula is C17H21F3N2O2S. The Labute approximate surface area is 150 Å². The van der Waals surface area contributed by atoms with Crippen LogP contribution >= 0.6 is 12.2 Å². The largest absolute Gasteiger partial charge is 0.444 e. The molecule has 1 aliphatic rings. The average molecular weight is 374 g/mol. The second-order valence-electron chi connectivity index (χ2n) is 7.17. The monoisotopic (exact) mass is 374 g/mol. The Bertz CT molecular complexity index is 689. The molecule has 2 rings (SSSR count). The first-order valence-electron chi connectivity index (χ1n) is 7.87. The van der Waals surface area contributed by atoms with E-state index in [1.165, 1.54) is 12.1 Å². The molecule has 1 aromatic rings. The van der Waals surface area contributed by atoms with Crippen LogP contribution in [0.2, 0.25) is 0 Å². The summed E-state index contributed by atoms with van der Waals surface area (Å²) in [6.07, 6.45) is -1.22. The molecule has 138 valence electrons. The predicted octanol–water partition coefficient (Wildman–Crippen LogP) is 4.81. The van der Waals surface area contributed by atoms with Crippen molar-refractivity contribution in [3.8, 4) is 0 Å². The van der Waals surface area contributed by atoms with E-state index in [9.17, 15) is 18.0 Å². The first-order valence-corrected chi connectivity index (χ1v) is 8.27. The summed E-state index contributed by atoms with van der Waals surface area (Å²) >= 11 is 5.06. The maximum absolute atomic E-state index is 14.4. The highest BCUT2D eigenvalue weighted by atomic mass is 32.1. The lowest BCUT2D eigenvalue weighted by molar-refractivity contribution is -0.0562. The molecule has 0 aliphatic carbocycles. The molecule has 8 heteroatoms. The number of hydrogen-bond acceptors (Lipinski definition) is 3. The highest BCUT2D eigenvalue weighted by Gasteiger charge is 2.47. The van der Waals surface area contributed by atoms with E-state index < -0.39 is 41.8 Å². The van der Waals surface area contributed by atoms with Crippen molar-refractivity contribution in [3.63, 3.8) is 0 Å². The van der Waals surface area contributed by atoms with Gasteiger partial charge in [-0.15, -0.1) is 0 Å². The lowest BCUT2D eigenvalue weighted by Crippen LogP contribution is -2.49. The molecule has 1 fully saturated rings. The van der Waals surface area contributed by atoms with Crippen LogP contribution in [0.15, 0.2) is 18.2 Å². The van der Waals surface area contributed by atoms with E-state index in [0.29, 0.717) is 0 Å². The summed E-state index contributed by atoms with van der Waals surface area (Å²) in [5.41, 5.74) is -0.812. The van der Waals surface area contributed by atoms with Crippen molar-refractivity contribution in [2.75, 3.05) is 5.32 Å². The normalized spacial score (nSPS) is 22.9. The van der Waals surface area contributed by atoms with E-state index in [4.69, 9.17) is 17.0 Å². The smallest absolute Gasteiger partial charge is 0.412 e. The molecule has 25 heavy (non-hydrogen) atoms. The van der Waals surface area contributed by atoms with Crippen molar-refractivity contribution < 1.29 is 22.7 Å². The van der Waals surface area contributed by atoms with Gasteiger partial charge in [-0.05, 0) is 39.0 Å². The molecule has 0 spiro atoms. The zero-order valence-electron chi connectivity index (χ0n) is 14.5. The van der Waals surface area contributed by atoms with E-state index in [2.05, 4.69) is 10.6 Å². The number of amides is 1. The molecule has 1 saturated heterocycles. The van der Waals surface area contributed by atoms with Gasteiger partial charge in [0.25, 0.3) is 5.92 Å². The van der Waals surface area contributed by atoms with Crippen LogP contribution in [0.4, 0.5) is 23.7 Å². The van der Waals surface area contributed by atoms with Crippen LogP contribution in [0.25, 0.3) is 0 Å². The second-order valence-corrected chi connectivity index (χ2v) is 7.61. The van der Waals surface area contributed by atoms with Crippen molar-refractivity contribution in [3.05, 3.63) is 29.6 Å². The molecule has 1 aromatic carbocycles. The van der Waals surface area contributed by atoms with Crippen molar-refractivity contribution in [2.45, 2.75) is 51.7 Å². The second kappa shape index (κ2) is 6.82. The summed E-state index contributed by atoms with van der Waals surface area (Å²) < 4.78 is 48.0. The van der Waals surface area contributed by atoms with Crippen LogP contribution in [0.1, 0.15) is 45.7 Å². The van der Waals surface area contributed by atoms with Gasteiger partial charge in [-0.25, -0.2) is 18.0 Å². The minimum atomic E-state index is -3.17. The van der Waals surface area contributed by atoms with Gasteiger partial charge >= 0.3 is 6.09 Å². The number of benzene rings is 1. The van der Waals surface area contributed by atoms with Gasteiger partial charge in [0.2, 0.25) is 0 Å². The SMILES string of the molecule is CC1CC(F)(F)C(c2cc(NC(=O)OC(C)(C)C)ccc2F)NC1=S. The molecule has 1 aliphatic heterocycles. The highest BCUT2D eigenvalue weighted by Crippen LogP contribution is 2.41. The molecule has 2 atom stereocenters. The summed E-state index contributed by atoms with van der Waals surface area (Å²) in [6.45, 7) is 6.67. The Morgan fingerprint density at radius 2 is 2.04 bits per heavy atom. The molecule has 4 nitrogen and oxygen atoms in total. The van der Waals surface area contributed by atoms with Gasteiger partial charge in [-0.3, -0.25) is 5.32 Å². The summed E-state index contributed by atoms with van der Waals surface area (Å²) in [6, 6.07) is 1.89. The third kappa shape index (κ3) is 4.84. The average Bonchev–Trinajstić information content (AvgIpc) is 2.42. The molecular weight excluding hydrogens is 353 g/mol. The topological polar surface area (TPSA) is 50.4 Å². The van der Waals surface area contributed by atoms with Gasteiger partial charge in [0, 0.05) is 23.6 Å². The number of nitrogens with one attached hydrogen (secondary N) is 2. The molecule has 1 amide bonds. The van der Waals surface area contributed by atoms with Gasteiger partial charge < -0.3 is 10.1 Å². The number of rotatable bonds is 2. The highest BCUT2D eigenvalue weighted by molar-refractivity contribution is 7.80. The maximum atomic E-state index is 14.4. The van der Waals surface area contributed by atoms with Crippen molar-refractivity contribution in [1.82, 2.24) is 5.32 Å². The summed E-state index contributed by atoms with van der Waals surface area (Å²) in [7, 11) is 0. The van der Waals surface area contributed by atoms with Crippen molar-refractivity contribution in [1.29, 1.82) is 0 Å². The van der Waals surface area contributed by atoms with E-state index in [-0.39, 0.29) is 16.2 Å². The summed E-state index contributed by atoms with van der Waals surface area (Å²) in [4.78, 5) is 12.1. The number of carbonyl (C=O) groups excluding carboxylic acids is 1. The molecule has 1 heterocycles. The number of carbonyl (C=O) groups is 1. The van der Waals surface area contributed by atoms with E-state index in [1.807, 2.05) is 0 Å². The Kier molecular flexibility index (Phi) is 5.32. The molecule has 2 unspecified atom stereocenters. The number of thiocarbonyl (C=S) groups is 1. The van der Waals surface area contributed by atoms with E-state index >= 15 is 0 Å². The number of hydrogen-bond donors (Lipinski definition) is 2. The first kappa shape index (κ1) is 19.5. The Morgan fingerprint density at radius 3 is 2.64 bits per heavy atom. The molecule has 2 N–H and O–H groups in total. The van der Waals surface area contributed by atoms with Gasteiger partial charge in [-0.2, -0.15) is 0 Å². The fourth-order valence-corrected chi connectivity index (χ4v) is 2.78. The van der Waals surface area contributed by atoms with E-state index in [1.54, 1.807) is 27.7 Å². The Balaban J connectivity index is 2.27. The fourth-order valence-electron chi connectivity index (χ4n) is 2.58. The third-order valence-corrected chi connectivity index (χ3v) is 4.21. The zero-order valence-corrected chi connectivity index (χ0v) is 15.3. The number of halogens is 3. The maximum Gasteiger partial charge on any atom is 0.412 e. The summed E-state index contributed by atoms with van der Waals surface area (Å²) in [5.74, 6) is -4.47. The van der Waals surface area contributed by atoms with Crippen LogP contribution < -0.4 is 10.6 Å². The van der Waals surface area contributed by atoms with Gasteiger partial charge in [0.1, 0.15) is 17.5 Å². The number of piperidine rings is 1. The van der Waals surface area contributed by atoms with Gasteiger partial charge in [0.15, 0.2) is 0 Å². The quantitative estimate of drug-likeness (QED) is 0.730. The lowest BCUT2D eigenvalue weighted by Gasteiger charge is -2.37. The molecule has 0 aromatic heterocycles. The lowest BCUT2D eigenvalue weighted by atomic mass is 9.88. The van der Waals surface area contributed by atoms with E-state index in [0.717, 1.165) is 6.07 Å². The first-order chi connectivity index (χ1) is 11.4.